The van der Waals surface area contributed by atoms with E-state index < -0.39 is 10.1 Å². The summed E-state index contributed by atoms with van der Waals surface area (Å²) >= 11 is 6.99. The zero-order valence-corrected chi connectivity index (χ0v) is 19.6. The van der Waals surface area contributed by atoms with E-state index in [1.54, 1.807) is 19.2 Å². The minimum absolute atomic E-state index is 0.101. The van der Waals surface area contributed by atoms with Crippen molar-refractivity contribution in [3.63, 3.8) is 0 Å². The average Bonchev–Trinajstić information content (AvgIpc) is 2.71. The molecule has 0 unspecified atom stereocenters. The van der Waals surface area contributed by atoms with Crippen molar-refractivity contribution in [3.05, 3.63) is 69.6 Å². The lowest BCUT2D eigenvalue weighted by Crippen LogP contribution is -2.06. The number of hydrogen-bond acceptors (Lipinski definition) is 4. The number of rotatable bonds is 4. The molecule has 148 valence electrons. The van der Waals surface area contributed by atoms with Gasteiger partial charge in [-0.1, -0.05) is 56.1 Å². The lowest BCUT2D eigenvalue weighted by atomic mass is 9.93. The molecule has 0 fully saturated rings. The fraction of sp³-hybridized carbons (Fsp3) is 0.0909. The summed E-state index contributed by atoms with van der Waals surface area (Å²) < 4.78 is 38.0. The van der Waals surface area contributed by atoms with Crippen molar-refractivity contribution in [2.45, 2.75) is 4.90 Å². The van der Waals surface area contributed by atoms with Gasteiger partial charge in [0.1, 0.15) is 10.6 Å². The predicted molar refractivity (Wildman–Crippen MR) is 123 cm³/mol. The van der Waals surface area contributed by atoms with Gasteiger partial charge in [0.2, 0.25) is 0 Å². The van der Waals surface area contributed by atoms with Crippen LogP contribution >= 0.6 is 31.9 Å². The molecule has 0 saturated carbocycles. The van der Waals surface area contributed by atoms with Crippen LogP contribution in [0.5, 0.6) is 5.75 Å². The van der Waals surface area contributed by atoms with Gasteiger partial charge < -0.3 is 4.74 Å². The van der Waals surface area contributed by atoms with E-state index in [4.69, 9.17) is 8.92 Å². The Morgan fingerprint density at radius 2 is 1.28 bits per heavy atom. The second kappa shape index (κ2) is 7.72. The van der Waals surface area contributed by atoms with Crippen LogP contribution in [0.2, 0.25) is 0 Å². The molecule has 0 aliphatic rings. The van der Waals surface area contributed by atoms with E-state index in [1.807, 2.05) is 48.5 Å². The molecule has 4 aromatic rings. The second-order valence-electron chi connectivity index (χ2n) is 6.43. The van der Waals surface area contributed by atoms with E-state index in [0.717, 1.165) is 30.5 Å². The molecular weight excluding hydrogens is 520 g/mol. The first-order valence-corrected chi connectivity index (χ1v) is 11.6. The Bertz CT molecular complexity index is 1360. The van der Waals surface area contributed by atoms with Gasteiger partial charge in [-0.2, -0.15) is 8.42 Å². The molecule has 4 nitrogen and oxygen atoms in total. The predicted octanol–water partition coefficient (Wildman–Crippen LogP) is 6.53. The van der Waals surface area contributed by atoms with Crippen molar-refractivity contribution in [2.75, 3.05) is 14.2 Å². The number of ether oxygens (including phenoxy) is 1. The summed E-state index contributed by atoms with van der Waals surface area (Å²) in [7, 11) is -1.21. The van der Waals surface area contributed by atoms with E-state index in [-0.39, 0.29) is 4.90 Å². The molecule has 0 bridgehead atoms. The molecule has 0 heterocycles. The molecule has 0 amide bonds. The fourth-order valence-electron chi connectivity index (χ4n) is 3.55. The maximum absolute atomic E-state index is 12.8. The molecule has 0 aliphatic carbocycles. The minimum Gasteiger partial charge on any atom is -0.496 e. The molecule has 0 atom stereocenters. The number of halogens is 2. The van der Waals surface area contributed by atoms with Crippen LogP contribution < -0.4 is 4.74 Å². The van der Waals surface area contributed by atoms with E-state index >= 15 is 0 Å². The zero-order valence-electron chi connectivity index (χ0n) is 15.6. The first kappa shape index (κ1) is 20.3. The van der Waals surface area contributed by atoms with E-state index in [0.29, 0.717) is 16.9 Å². The smallest absolute Gasteiger partial charge is 0.297 e. The van der Waals surface area contributed by atoms with Crippen LogP contribution in [0.25, 0.3) is 32.7 Å². The maximum atomic E-state index is 12.8. The standard InChI is InChI=1S/C22H16Br2O4S/c1-27-19-9-3-13-11-15(23)5-7-17(13)21(19)22-18-8-6-16(24)12-14(18)4-10-20(22)29(25,26)28-2/h3-12H,1-2H3. The zero-order chi connectivity index (χ0) is 20.8. The van der Waals surface area contributed by atoms with Crippen molar-refractivity contribution in [1.29, 1.82) is 0 Å². The van der Waals surface area contributed by atoms with Gasteiger partial charge in [0.25, 0.3) is 10.1 Å². The Balaban J connectivity index is 2.25. The fourth-order valence-corrected chi connectivity index (χ4v) is 5.18. The Kier molecular flexibility index (Phi) is 5.42. The lowest BCUT2D eigenvalue weighted by Gasteiger charge is -2.18. The Morgan fingerprint density at radius 1 is 0.724 bits per heavy atom. The van der Waals surface area contributed by atoms with Gasteiger partial charge in [-0.3, -0.25) is 4.18 Å². The lowest BCUT2D eigenvalue weighted by molar-refractivity contribution is 0.398. The molecule has 0 spiro atoms. The molecule has 4 aromatic carbocycles. The number of fused-ring (bicyclic) bond motifs is 2. The summed E-state index contributed by atoms with van der Waals surface area (Å²) in [6.45, 7) is 0. The van der Waals surface area contributed by atoms with E-state index in [2.05, 4.69) is 31.9 Å². The Hall–Kier alpha value is -1.93. The highest BCUT2D eigenvalue weighted by Crippen LogP contribution is 2.44. The van der Waals surface area contributed by atoms with Crippen LogP contribution in [0.1, 0.15) is 0 Å². The molecule has 7 heteroatoms. The van der Waals surface area contributed by atoms with Crippen LogP contribution in [0, 0.1) is 0 Å². The van der Waals surface area contributed by atoms with Gasteiger partial charge in [0, 0.05) is 20.1 Å². The van der Waals surface area contributed by atoms with Crippen molar-refractivity contribution >= 4 is 63.5 Å². The highest BCUT2D eigenvalue weighted by atomic mass is 79.9. The number of hydrogen-bond donors (Lipinski definition) is 0. The summed E-state index contributed by atoms with van der Waals surface area (Å²) in [5.41, 5.74) is 1.27. The van der Waals surface area contributed by atoms with Crippen LogP contribution in [-0.4, -0.2) is 22.6 Å². The SMILES string of the molecule is COc1ccc2cc(Br)ccc2c1-c1c(S(=O)(=O)OC)ccc2cc(Br)ccc12. The Labute approximate surface area is 185 Å². The normalized spacial score (nSPS) is 11.9. The first-order valence-electron chi connectivity index (χ1n) is 8.65. The molecule has 0 N–H and O–H groups in total. The molecule has 0 aliphatic heterocycles. The van der Waals surface area contributed by atoms with Gasteiger partial charge in [-0.15, -0.1) is 0 Å². The number of methoxy groups -OCH3 is 1. The quantitative estimate of drug-likeness (QED) is 0.279. The second-order valence-corrected chi connectivity index (χ2v) is 9.95. The van der Waals surface area contributed by atoms with Crippen molar-refractivity contribution in [2.24, 2.45) is 0 Å². The molecule has 4 rings (SSSR count). The minimum atomic E-state index is -3.96. The first-order chi connectivity index (χ1) is 13.9. The highest BCUT2D eigenvalue weighted by molar-refractivity contribution is 9.10. The third-order valence-electron chi connectivity index (χ3n) is 4.85. The molecular formula is C22H16Br2O4S. The van der Waals surface area contributed by atoms with Crippen molar-refractivity contribution < 1.29 is 17.3 Å². The van der Waals surface area contributed by atoms with Crippen LogP contribution in [0.3, 0.4) is 0 Å². The summed E-state index contributed by atoms with van der Waals surface area (Å²) in [6.07, 6.45) is 0. The Morgan fingerprint density at radius 3 is 1.83 bits per heavy atom. The third kappa shape index (κ3) is 3.57. The summed E-state index contributed by atoms with van der Waals surface area (Å²) in [4.78, 5) is 0.101. The van der Waals surface area contributed by atoms with Crippen LogP contribution in [0.4, 0.5) is 0 Å². The van der Waals surface area contributed by atoms with Crippen LogP contribution in [-0.2, 0) is 14.3 Å². The van der Waals surface area contributed by atoms with Gasteiger partial charge in [0.05, 0.1) is 14.2 Å². The average molecular weight is 536 g/mol. The summed E-state index contributed by atoms with van der Waals surface area (Å²) in [5.74, 6) is 0.586. The summed E-state index contributed by atoms with van der Waals surface area (Å²) in [6, 6.07) is 18.8. The summed E-state index contributed by atoms with van der Waals surface area (Å²) in [5, 5.41) is 3.54. The van der Waals surface area contributed by atoms with Crippen molar-refractivity contribution in [3.8, 4) is 16.9 Å². The monoisotopic (exact) mass is 534 g/mol. The van der Waals surface area contributed by atoms with E-state index in [9.17, 15) is 8.42 Å². The third-order valence-corrected chi connectivity index (χ3v) is 7.15. The maximum Gasteiger partial charge on any atom is 0.297 e. The highest BCUT2D eigenvalue weighted by Gasteiger charge is 2.25. The van der Waals surface area contributed by atoms with Gasteiger partial charge in [-0.25, -0.2) is 0 Å². The number of benzene rings is 4. The van der Waals surface area contributed by atoms with Gasteiger partial charge in [0.15, 0.2) is 0 Å². The molecule has 0 radical (unpaired) electrons. The molecule has 29 heavy (non-hydrogen) atoms. The van der Waals surface area contributed by atoms with Crippen molar-refractivity contribution in [1.82, 2.24) is 0 Å². The van der Waals surface area contributed by atoms with Gasteiger partial charge in [-0.05, 0) is 57.9 Å². The largest absolute Gasteiger partial charge is 0.496 e. The van der Waals surface area contributed by atoms with Gasteiger partial charge >= 0.3 is 0 Å². The van der Waals surface area contributed by atoms with E-state index in [1.165, 1.54) is 7.11 Å². The molecule has 0 saturated heterocycles. The topological polar surface area (TPSA) is 52.6 Å². The molecule has 0 aromatic heterocycles. The van der Waals surface area contributed by atoms with Crippen LogP contribution in [0.15, 0.2) is 74.5 Å².